The molecule has 0 radical (unpaired) electrons. The smallest absolute Gasteiger partial charge is 0.247 e. The van der Waals surface area contributed by atoms with Gasteiger partial charge in [0.2, 0.25) is 5.91 Å². The van der Waals surface area contributed by atoms with Crippen molar-refractivity contribution in [3.63, 3.8) is 0 Å². The number of thiazole rings is 1. The van der Waals surface area contributed by atoms with Gasteiger partial charge < -0.3 is 5.32 Å². The monoisotopic (exact) mass is 354 g/mol. The molecule has 2 heterocycles. The highest BCUT2D eigenvalue weighted by Crippen LogP contribution is 2.35. The minimum absolute atomic E-state index is 0.143. The number of anilines is 1. The Kier molecular flexibility index (Phi) is 4.08. The van der Waals surface area contributed by atoms with Crippen molar-refractivity contribution in [2.24, 2.45) is 0 Å². The molecule has 0 atom stereocenters. The first-order valence-electron chi connectivity index (χ1n) is 6.49. The van der Waals surface area contributed by atoms with E-state index in [2.05, 4.69) is 15.4 Å². The van der Waals surface area contributed by atoms with Gasteiger partial charge in [-0.1, -0.05) is 34.5 Å². The van der Waals surface area contributed by atoms with Gasteiger partial charge in [0.25, 0.3) is 0 Å². The summed E-state index contributed by atoms with van der Waals surface area (Å²) in [7, 11) is 0. The molecular weight excluding hydrogens is 343 g/mol. The molecule has 0 bridgehead atoms. The quantitative estimate of drug-likeness (QED) is 0.771. The Balaban J connectivity index is 1.79. The third-order valence-electron chi connectivity index (χ3n) is 3.10. The molecule has 5 nitrogen and oxygen atoms in total. The van der Waals surface area contributed by atoms with E-state index in [1.54, 1.807) is 10.7 Å². The lowest BCUT2D eigenvalue weighted by Gasteiger charge is -2.03. The molecule has 0 aliphatic heterocycles. The number of hydrogen-bond acceptors (Lipinski definition) is 4. The van der Waals surface area contributed by atoms with Crippen molar-refractivity contribution in [3.05, 3.63) is 39.6 Å². The summed E-state index contributed by atoms with van der Waals surface area (Å²) in [6, 6.07) is 5.47. The molecule has 0 aliphatic carbocycles. The van der Waals surface area contributed by atoms with Crippen LogP contribution in [0, 0.1) is 13.8 Å². The summed E-state index contributed by atoms with van der Waals surface area (Å²) in [5.41, 5.74) is 2.42. The van der Waals surface area contributed by atoms with Crippen LogP contribution in [0.15, 0.2) is 18.2 Å². The first-order chi connectivity index (χ1) is 10.4. The molecule has 22 heavy (non-hydrogen) atoms. The first kappa shape index (κ1) is 15.3. The number of benzene rings is 1. The van der Waals surface area contributed by atoms with Crippen LogP contribution in [0.1, 0.15) is 11.4 Å². The maximum absolute atomic E-state index is 12.1. The molecule has 1 aromatic carbocycles. The van der Waals surface area contributed by atoms with Crippen LogP contribution in [0.5, 0.6) is 0 Å². The molecule has 1 amide bonds. The molecule has 0 saturated heterocycles. The zero-order valence-corrected chi connectivity index (χ0v) is 14.2. The van der Waals surface area contributed by atoms with Gasteiger partial charge >= 0.3 is 0 Å². The van der Waals surface area contributed by atoms with E-state index in [1.165, 1.54) is 11.3 Å². The van der Waals surface area contributed by atoms with Crippen molar-refractivity contribution in [2.45, 2.75) is 20.4 Å². The number of nitrogens with one attached hydrogen (secondary N) is 1. The molecule has 3 rings (SSSR count). The van der Waals surface area contributed by atoms with E-state index in [-0.39, 0.29) is 12.5 Å². The topological polar surface area (TPSA) is 59.8 Å². The number of rotatable bonds is 3. The zero-order valence-electron chi connectivity index (χ0n) is 11.9. The fourth-order valence-electron chi connectivity index (χ4n) is 2.12. The predicted molar refractivity (Wildman–Crippen MR) is 90.0 cm³/mol. The molecule has 0 fully saturated rings. The number of aryl methyl sites for hydroxylation is 2. The van der Waals surface area contributed by atoms with Crippen LogP contribution < -0.4 is 5.32 Å². The van der Waals surface area contributed by atoms with Gasteiger partial charge in [-0.15, -0.1) is 0 Å². The molecule has 0 saturated carbocycles. The molecule has 0 spiro atoms. The van der Waals surface area contributed by atoms with Crippen molar-refractivity contribution in [3.8, 4) is 0 Å². The van der Waals surface area contributed by atoms with Gasteiger partial charge in [-0.3, -0.25) is 9.48 Å². The van der Waals surface area contributed by atoms with Gasteiger partial charge in [0, 0.05) is 5.69 Å². The van der Waals surface area contributed by atoms with Gasteiger partial charge in [0.1, 0.15) is 12.1 Å². The number of amides is 1. The number of carbonyl (C=O) groups excluding carboxylic acids is 1. The largest absolute Gasteiger partial charge is 0.300 e. The molecule has 1 N–H and O–H groups in total. The van der Waals surface area contributed by atoms with E-state index in [1.807, 2.05) is 26.0 Å². The maximum atomic E-state index is 12.1. The fourth-order valence-corrected chi connectivity index (χ4v) is 3.43. The number of aromatic nitrogens is 3. The lowest BCUT2D eigenvalue weighted by Crippen LogP contribution is -2.20. The lowest BCUT2D eigenvalue weighted by atomic mass is 10.3. The van der Waals surface area contributed by atoms with E-state index in [0.717, 1.165) is 16.1 Å². The van der Waals surface area contributed by atoms with Crippen molar-refractivity contribution in [1.82, 2.24) is 14.8 Å². The molecule has 0 aliphatic rings. The molecular formula is C14H12Cl2N4OS. The summed E-state index contributed by atoms with van der Waals surface area (Å²) in [6.07, 6.45) is 0. The number of halogens is 2. The summed E-state index contributed by atoms with van der Waals surface area (Å²) in [4.78, 5) is 16.4. The normalized spacial score (nSPS) is 11.1. The summed E-state index contributed by atoms with van der Waals surface area (Å²) < 4.78 is 2.53. The Morgan fingerprint density at radius 3 is 2.82 bits per heavy atom. The molecule has 8 heteroatoms. The Labute approximate surface area is 140 Å². The lowest BCUT2D eigenvalue weighted by molar-refractivity contribution is -0.116. The minimum atomic E-state index is -0.188. The number of hydrogen-bond donors (Lipinski definition) is 1. The standard InChI is InChI=1S/C14H12Cl2N4OS/c1-7-5-8(2)20(19-7)6-11(21)17-14-18-13-10(22-14)4-3-9(15)12(13)16/h3-5H,6H2,1-2H3,(H,17,18,21). The second-order valence-electron chi connectivity index (χ2n) is 4.86. The van der Waals surface area contributed by atoms with Crippen LogP contribution in [0.4, 0.5) is 5.13 Å². The van der Waals surface area contributed by atoms with Gasteiger partial charge in [-0.2, -0.15) is 5.10 Å². The van der Waals surface area contributed by atoms with E-state index in [9.17, 15) is 4.79 Å². The number of nitrogens with zero attached hydrogens (tertiary/aromatic N) is 3. The van der Waals surface area contributed by atoms with Crippen LogP contribution in [0.2, 0.25) is 10.0 Å². The van der Waals surface area contributed by atoms with Crippen LogP contribution >= 0.6 is 34.5 Å². The molecule has 0 unspecified atom stereocenters. The summed E-state index contributed by atoms with van der Waals surface area (Å²) in [5, 5.41) is 8.36. The van der Waals surface area contributed by atoms with Gasteiger partial charge in [0.15, 0.2) is 5.13 Å². The summed E-state index contributed by atoms with van der Waals surface area (Å²) >= 11 is 13.4. The fraction of sp³-hybridized carbons (Fsp3) is 0.214. The number of carbonyl (C=O) groups is 1. The second-order valence-corrected chi connectivity index (χ2v) is 6.68. The minimum Gasteiger partial charge on any atom is -0.300 e. The van der Waals surface area contributed by atoms with Crippen molar-refractivity contribution in [1.29, 1.82) is 0 Å². The van der Waals surface area contributed by atoms with Gasteiger partial charge in [0.05, 0.1) is 20.4 Å². The third-order valence-corrected chi connectivity index (χ3v) is 4.83. The SMILES string of the molecule is Cc1cc(C)n(CC(=O)Nc2nc3c(Cl)c(Cl)ccc3s2)n1. The Morgan fingerprint density at radius 1 is 1.36 bits per heavy atom. The molecule has 3 aromatic rings. The summed E-state index contributed by atoms with van der Waals surface area (Å²) in [5.74, 6) is -0.188. The third kappa shape index (κ3) is 2.95. The zero-order chi connectivity index (χ0) is 15.9. The van der Waals surface area contributed by atoms with Crippen LogP contribution in [-0.4, -0.2) is 20.7 Å². The average Bonchev–Trinajstić information content (AvgIpc) is 2.98. The van der Waals surface area contributed by atoms with E-state index in [4.69, 9.17) is 23.2 Å². The maximum Gasteiger partial charge on any atom is 0.247 e. The summed E-state index contributed by atoms with van der Waals surface area (Å²) in [6.45, 7) is 3.94. The average molecular weight is 355 g/mol. The molecule has 2 aromatic heterocycles. The second kappa shape index (κ2) is 5.87. The van der Waals surface area contributed by atoms with Gasteiger partial charge in [-0.25, -0.2) is 4.98 Å². The van der Waals surface area contributed by atoms with Crippen LogP contribution in [-0.2, 0) is 11.3 Å². The highest BCUT2D eigenvalue weighted by molar-refractivity contribution is 7.22. The Bertz CT molecular complexity index is 871. The van der Waals surface area contributed by atoms with Gasteiger partial charge in [-0.05, 0) is 32.0 Å². The Hall–Kier alpha value is -1.63. The first-order valence-corrected chi connectivity index (χ1v) is 8.07. The van der Waals surface area contributed by atoms with Crippen LogP contribution in [0.25, 0.3) is 10.2 Å². The van der Waals surface area contributed by atoms with E-state index < -0.39 is 0 Å². The van der Waals surface area contributed by atoms with Crippen molar-refractivity contribution in [2.75, 3.05) is 5.32 Å². The Morgan fingerprint density at radius 2 is 2.14 bits per heavy atom. The van der Waals surface area contributed by atoms with E-state index in [0.29, 0.717) is 20.7 Å². The van der Waals surface area contributed by atoms with E-state index >= 15 is 0 Å². The highest BCUT2D eigenvalue weighted by atomic mass is 35.5. The highest BCUT2D eigenvalue weighted by Gasteiger charge is 2.13. The molecule has 114 valence electrons. The van der Waals surface area contributed by atoms with Crippen molar-refractivity contribution >= 4 is 55.8 Å². The predicted octanol–water partition coefficient (Wildman–Crippen LogP) is 4.06. The van der Waals surface area contributed by atoms with Crippen LogP contribution in [0.3, 0.4) is 0 Å². The number of fused-ring (bicyclic) bond motifs is 1. The van der Waals surface area contributed by atoms with Crippen molar-refractivity contribution < 1.29 is 4.79 Å².